The standard InChI is InChI=1S/C15H19N3O3/c1-10(6-9-15(20)21)16-14(19)8-7-13-17-11-4-2-3-5-12(11)18-13/h2-5,10H,6-9H2,1H3,(H,16,19)(H,17,18)(H,20,21). The molecule has 0 saturated carbocycles. The molecule has 0 radical (unpaired) electrons. The van der Waals surface area contributed by atoms with Gasteiger partial charge in [0.1, 0.15) is 5.82 Å². The van der Waals surface area contributed by atoms with Crippen molar-refractivity contribution in [2.45, 2.75) is 38.6 Å². The van der Waals surface area contributed by atoms with E-state index in [1.165, 1.54) is 0 Å². The summed E-state index contributed by atoms with van der Waals surface area (Å²) in [5.41, 5.74) is 1.85. The predicted octanol–water partition coefficient (Wildman–Crippen LogP) is 1.86. The third-order valence-corrected chi connectivity index (χ3v) is 3.23. The molecule has 1 aromatic heterocycles. The van der Waals surface area contributed by atoms with Gasteiger partial charge in [0.2, 0.25) is 5.91 Å². The van der Waals surface area contributed by atoms with Crippen molar-refractivity contribution in [2.24, 2.45) is 0 Å². The molecule has 1 heterocycles. The number of nitrogens with zero attached hydrogens (tertiary/aromatic N) is 1. The number of hydrogen-bond donors (Lipinski definition) is 3. The lowest BCUT2D eigenvalue weighted by molar-refractivity contribution is -0.137. The monoisotopic (exact) mass is 289 g/mol. The van der Waals surface area contributed by atoms with Crippen LogP contribution >= 0.6 is 0 Å². The van der Waals surface area contributed by atoms with Crippen molar-refractivity contribution in [2.75, 3.05) is 0 Å². The summed E-state index contributed by atoms with van der Waals surface area (Å²) in [6.45, 7) is 1.81. The van der Waals surface area contributed by atoms with Crippen LogP contribution in [0.5, 0.6) is 0 Å². The van der Waals surface area contributed by atoms with Gasteiger partial charge < -0.3 is 15.4 Å². The maximum atomic E-state index is 11.8. The molecule has 0 aliphatic heterocycles. The Hall–Kier alpha value is -2.37. The van der Waals surface area contributed by atoms with Gasteiger partial charge in [-0.05, 0) is 25.5 Å². The molecule has 1 unspecified atom stereocenters. The second kappa shape index (κ2) is 6.88. The van der Waals surface area contributed by atoms with E-state index in [9.17, 15) is 9.59 Å². The fourth-order valence-electron chi connectivity index (χ4n) is 2.12. The smallest absolute Gasteiger partial charge is 0.303 e. The SMILES string of the molecule is CC(CCC(=O)O)NC(=O)CCc1nc2ccccc2[nH]1. The zero-order valence-electron chi connectivity index (χ0n) is 11.9. The molecule has 2 rings (SSSR count). The van der Waals surface area contributed by atoms with E-state index in [-0.39, 0.29) is 18.4 Å². The average Bonchev–Trinajstić information content (AvgIpc) is 2.86. The Morgan fingerprint density at radius 1 is 1.33 bits per heavy atom. The van der Waals surface area contributed by atoms with Crippen LogP contribution in [0.4, 0.5) is 0 Å². The third kappa shape index (κ3) is 4.59. The van der Waals surface area contributed by atoms with Crippen LogP contribution in [0.1, 0.15) is 32.0 Å². The second-order valence-electron chi connectivity index (χ2n) is 5.10. The third-order valence-electron chi connectivity index (χ3n) is 3.23. The fraction of sp³-hybridized carbons (Fsp3) is 0.400. The highest BCUT2D eigenvalue weighted by Gasteiger charge is 2.10. The van der Waals surface area contributed by atoms with Gasteiger partial charge in [-0.15, -0.1) is 0 Å². The summed E-state index contributed by atoms with van der Waals surface area (Å²) in [6.07, 6.45) is 1.36. The van der Waals surface area contributed by atoms with Crippen LogP contribution in [0.3, 0.4) is 0 Å². The molecule has 0 aliphatic rings. The molecule has 0 spiro atoms. The number of aromatic amines is 1. The summed E-state index contributed by atoms with van der Waals surface area (Å²) >= 11 is 0. The first-order valence-corrected chi connectivity index (χ1v) is 6.99. The van der Waals surface area contributed by atoms with Crippen molar-refractivity contribution in [1.82, 2.24) is 15.3 Å². The minimum absolute atomic E-state index is 0.0605. The summed E-state index contributed by atoms with van der Waals surface area (Å²) < 4.78 is 0. The molecule has 21 heavy (non-hydrogen) atoms. The molecule has 3 N–H and O–H groups in total. The zero-order valence-corrected chi connectivity index (χ0v) is 11.9. The van der Waals surface area contributed by atoms with Gasteiger partial charge in [0.25, 0.3) is 0 Å². The summed E-state index contributed by atoms with van der Waals surface area (Å²) in [6, 6.07) is 7.58. The first kappa shape index (κ1) is 15.0. The molecular formula is C15H19N3O3. The number of carbonyl (C=O) groups excluding carboxylic acids is 1. The number of para-hydroxylation sites is 2. The van der Waals surface area contributed by atoms with Crippen molar-refractivity contribution in [3.63, 3.8) is 0 Å². The Bertz CT molecular complexity index is 603. The van der Waals surface area contributed by atoms with Gasteiger partial charge in [0.15, 0.2) is 0 Å². The summed E-state index contributed by atoms with van der Waals surface area (Å²) in [5.74, 6) is -0.156. The van der Waals surface area contributed by atoms with Crippen LogP contribution in [0, 0.1) is 0 Å². The predicted molar refractivity (Wildman–Crippen MR) is 78.9 cm³/mol. The first-order chi connectivity index (χ1) is 10.0. The number of aryl methyl sites for hydroxylation is 1. The Morgan fingerprint density at radius 2 is 2.10 bits per heavy atom. The number of carboxylic acid groups (broad SMARTS) is 1. The molecule has 112 valence electrons. The molecule has 1 atom stereocenters. The molecule has 1 aromatic carbocycles. The lowest BCUT2D eigenvalue weighted by Gasteiger charge is -2.12. The second-order valence-corrected chi connectivity index (χ2v) is 5.10. The van der Waals surface area contributed by atoms with E-state index in [1.54, 1.807) is 0 Å². The number of aliphatic carboxylic acids is 1. The van der Waals surface area contributed by atoms with Crippen LogP contribution in [0.25, 0.3) is 11.0 Å². The van der Waals surface area contributed by atoms with Gasteiger partial charge >= 0.3 is 5.97 Å². The lowest BCUT2D eigenvalue weighted by Crippen LogP contribution is -2.33. The van der Waals surface area contributed by atoms with Crippen LogP contribution in [0.2, 0.25) is 0 Å². The van der Waals surface area contributed by atoms with Gasteiger partial charge in [-0.2, -0.15) is 0 Å². The van der Waals surface area contributed by atoms with E-state index < -0.39 is 5.97 Å². The van der Waals surface area contributed by atoms with Crippen molar-refractivity contribution >= 4 is 22.9 Å². The van der Waals surface area contributed by atoms with Gasteiger partial charge in [-0.3, -0.25) is 9.59 Å². The molecule has 6 nitrogen and oxygen atoms in total. The Kier molecular flexibility index (Phi) is 4.92. The van der Waals surface area contributed by atoms with Crippen molar-refractivity contribution < 1.29 is 14.7 Å². The minimum atomic E-state index is -0.849. The number of carbonyl (C=O) groups is 2. The van der Waals surface area contributed by atoms with Crippen molar-refractivity contribution in [3.05, 3.63) is 30.1 Å². The molecule has 6 heteroatoms. The average molecular weight is 289 g/mol. The minimum Gasteiger partial charge on any atom is -0.481 e. The highest BCUT2D eigenvalue weighted by molar-refractivity contribution is 5.77. The van der Waals surface area contributed by atoms with Gasteiger partial charge in [-0.25, -0.2) is 4.98 Å². The Balaban J connectivity index is 1.79. The molecule has 0 saturated heterocycles. The summed E-state index contributed by atoms with van der Waals surface area (Å²) in [4.78, 5) is 29.8. The number of rotatable bonds is 7. The van der Waals surface area contributed by atoms with E-state index in [4.69, 9.17) is 5.11 Å². The fourth-order valence-corrected chi connectivity index (χ4v) is 2.12. The van der Waals surface area contributed by atoms with Crippen LogP contribution < -0.4 is 5.32 Å². The van der Waals surface area contributed by atoms with E-state index in [2.05, 4.69) is 15.3 Å². The maximum absolute atomic E-state index is 11.8. The van der Waals surface area contributed by atoms with Crippen LogP contribution in [-0.2, 0) is 16.0 Å². The number of H-pyrrole nitrogens is 1. The molecule has 0 bridgehead atoms. The summed E-state index contributed by atoms with van der Waals surface area (Å²) in [5, 5.41) is 11.4. The van der Waals surface area contributed by atoms with E-state index >= 15 is 0 Å². The number of carboxylic acids is 1. The number of benzene rings is 1. The molecular weight excluding hydrogens is 270 g/mol. The number of aromatic nitrogens is 2. The molecule has 0 fully saturated rings. The van der Waals surface area contributed by atoms with Gasteiger partial charge in [0.05, 0.1) is 11.0 Å². The van der Waals surface area contributed by atoms with Crippen LogP contribution in [0.15, 0.2) is 24.3 Å². The summed E-state index contributed by atoms with van der Waals surface area (Å²) in [7, 11) is 0. The maximum Gasteiger partial charge on any atom is 0.303 e. The highest BCUT2D eigenvalue weighted by atomic mass is 16.4. The normalized spacial score (nSPS) is 12.2. The number of amides is 1. The van der Waals surface area contributed by atoms with E-state index in [0.29, 0.717) is 19.3 Å². The van der Waals surface area contributed by atoms with Gasteiger partial charge in [-0.1, -0.05) is 12.1 Å². The topological polar surface area (TPSA) is 95.1 Å². The largest absolute Gasteiger partial charge is 0.481 e. The number of fused-ring (bicyclic) bond motifs is 1. The van der Waals surface area contributed by atoms with Gasteiger partial charge in [0, 0.05) is 25.3 Å². The lowest BCUT2D eigenvalue weighted by atomic mass is 10.1. The number of hydrogen-bond acceptors (Lipinski definition) is 3. The number of nitrogens with one attached hydrogen (secondary N) is 2. The quantitative estimate of drug-likeness (QED) is 0.725. The van der Waals surface area contributed by atoms with E-state index in [1.807, 2.05) is 31.2 Å². The Morgan fingerprint density at radius 3 is 2.81 bits per heavy atom. The first-order valence-electron chi connectivity index (χ1n) is 6.99. The molecule has 0 aliphatic carbocycles. The van der Waals surface area contributed by atoms with E-state index in [0.717, 1.165) is 16.9 Å². The van der Waals surface area contributed by atoms with Crippen molar-refractivity contribution in [1.29, 1.82) is 0 Å². The number of imidazole rings is 1. The van der Waals surface area contributed by atoms with Crippen molar-refractivity contribution in [3.8, 4) is 0 Å². The van der Waals surface area contributed by atoms with Crippen LogP contribution in [-0.4, -0.2) is 33.0 Å². The molecule has 2 aromatic rings. The highest BCUT2D eigenvalue weighted by Crippen LogP contribution is 2.11. The Labute approximate surface area is 122 Å². The molecule has 1 amide bonds. The zero-order chi connectivity index (χ0) is 15.2.